The van der Waals surface area contributed by atoms with Gasteiger partial charge in [0.25, 0.3) is 5.91 Å². The summed E-state index contributed by atoms with van der Waals surface area (Å²) in [6, 6.07) is 14.0. The number of sulfonamides is 1. The van der Waals surface area contributed by atoms with E-state index < -0.39 is 10.0 Å². The van der Waals surface area contributed by atoms with Gasteiger partial charge in [-0.1, -0.05) is 36.2 Å². The molecule has 32 heavy (non-hydrogen) atoms. The van der Waals surface area contributed by atoms with Crippen molar-refractivity contribution in [2.45, 2.75) is 43.0 Å². The van der Waals surface area contributed by atoms with Crippen LogP contribution in [0, 0.1) is 0 Å². The maximum absolute atomic E-state index is 12.8. The molecule has 0 radical (unpaired) electrons. The van der Waals surface area contributed by atoms with Crippen LogP contribution in [-0.2, 0) is 10.0 Å². The summed E-state index contributed by atoms with van der Waals surface area (Å²) in [5.74, 6) is -0.219. The quantitative estimate of drug-likeness (QED) is 0.655. The minimum atomic E-state index is -3.50. The number of nitrogens with one attached hydrogen (secondary N) is 1. The summed E-state index contributed by atoms with van der Waals surface area (Å²) in [6.07, 6.45) is 5.13. The molecule has 0 saturated carbocycles. The van der Waals surface area contributed by atoms with Crippen molar-refractivity contribution in [2.24, 2.45) is 0 Å². The lowest BCUT2D eigenvalue weighted by molar-refractivity contribution is 0.0938. The highest BCUT2D eigenvalue weighted by atomic mass is 35.5. The Morgan fingerprint density at radius 2 is 1.53 bits per heavy atom. The molecule has 1 N–H and O–H groups in total. The van der Waals surface area contributed by atoms with Crippen molar-refractivity contribution in [2.75, 3.05) is 32.7 Å². The summed E-state index contributed by atoms with van der Waals surface area (Å²) >= 11 is 6.45. The van der Waals surface area contributed by atoms with E-state index in [2.05, 4.69) is 10.2 Å². The number of carbonyl (C=O) groups is 1. The van der Waals surface area contributed by atoms with Gasteiger partial charge in [-0.2, -0.15) is 4.31 Å². The van der Waals surface area contributed by atoms with E-state index in [0.717, 1.165) is 50.8 Å². The normalized spacial score (nSPS) is 19.0. The molecular formula is C24H30ClN3O3S. The molecule has 1 amide bonds. The number of amides is 1. The number of benzene rings is 2. The maximum Gasteiger partial charge on any atom is 0.251 e. The molecule has 2 aromatic carbocycles. The first-order chi connectivity index (χ1) is 15.5. The first kappa shape index (κ1) is 23.2. The lowest BCUT2D eigenvalue weighted by Crippen LogP contribution is -2.37. The zero-order valence-electron chi connectivity index (χ0n) is 18.2. The summed E-state index contributed by atoms with van der Waals surface area (Å²) in [5.41, 5.74) is 1.46. The molecule has 8 heteroatoms. The number of piperidine rings is 1. The van der Waals surface area contributed by atoms with Crippen LogP contribution in [0.5, 0.6) is 0 Å². The van der Waals surface area contributed by atoms with Gasteiger partial charge in [0.1, 0.15) is 0 Å². The van der Waals surface area contributed by atoms with Crippen molar-refractivity contribution in [3.8, 4) is 0 Å². The highest BCUT2D eigenvalue weighted by molar-refractivity contribution is 7.89. The van der Waals surface area contributed by atoms with E-state index in [1.54, 1.807) is 12.1 Å². The predicted molar refractivity (Wildman–Crippen MR) is 126 cm³/mol. The number of hydrogen-bond donors (Lipinski definition) is 1. The van der Waals surface area contributed by atoms with Gasteiger partial charge in [-0.05, 0) is 74.7 Å². The Balaban J connectivity index is 1.44. The van der Waals surface area contributed by atoms with E-state index in [-0.39, 0.29) is 16.8 Å². The average Bonchev–Trinajstić information content (AvgIpc) is 3.35. The topological polar surface area (TPSA) is 69.7 Å². The van der Waals surface area contributed by atoms with Crippen LogP contribution in [0.15, 0.2) is 53.4 Å². The number of nitrogens with zero attached hydrogens (tertiary/aromatic N) is 2. The van der Waals surface area contributed by atoms with Crippen LogP contribution >= 0.6 is 11.6 Å². The number of likely N-dealkylation sites (tertiary alicyclic amines) is 1. The third kappa shape index (κ3) is 5.17. The van der Waals surface area contributed by atoms with E-state index in [9.17, 15) is 13.2 Å². The third-order valence-electron chi connectivity index (χ3n) is 6.37. The van der Waals surface area contributed by atoms with Gasteiger partial charge in [0.15, 0.2) is 0 Å². The predicted octanol–water partition coefficient (Wildman–Crippen LogP) is 4.08. The third-order valence-corrected chi connectivity index (χ3v) is 8.63. The number of carbonyl (C=O) groups excluding carboxylic acids is 1. The summed E-state index contributed by atoms with van der Waals surface area (Å²) < 4.78 is 27.2. The number of hydrogen-bond acceptors (Lipinski definition) is 4. The van der Waals surface area contributed by atoms with Crippen LogP contribution in [0.1, 0.15) is 54.1 Å². The second-order valence-electron chi connectivity index (χ2n) is 8.48. The molecule has 172 valence electrons. The van der Waals surface area contributed by atoms with E-state index in [1.807, 2.05) is 24.3 Å². The lowest BCUT2D eigenvalue weighted by atomic mass is 10.0. The van der Waals surface area contributed by atoms with Gasteiger partial charge >= 0.3 is 0 Å². The molecule has 0 spiro atoms. The molecule has 2 fully saturated rings. The van der Waals surface area contributed by atoms with Gasteiger partial charge in [-0.25, -0.2) is 8.42 Å². The van der Waals surface area contributed by atoms with Crippen molar-refractivity contribution in [3.05, 3.63) is 64.7 Å². The fraction of sp³-hybridized carbons (Fsp3) is 0.458. The Hall–Kier alpha value is -1.93. The van der Waals surface area contributed by atoms with Crippen molar-refractivity contribution in [1.29, 1.82) is 0 Å². The van der Waals surface area contributed by atoms with E-state index >= 15 is 0 Å². The summed E-state index contributed by atoms with van der Waals surface area (Å²) in [4.78, 5) is 15.4. The van der Waals surface area contributed by atoms with Gasteiger partial charge in [-0.15, -0.1) is 0 Å². The first-order valence-electron chi connectivity index (χ1n) is 11.3. The minimum absolute atomic E-state index is 0.00824. The molecule has 2 saturated heterocycles. The van der Waals surface area contributed by atoms with Crippen LogP contribution in [-0.4, -0.2) is 56.3 Å². The average molecular weight is 476 g/mol. The minimum Gasteiger partial charge on any atom is -0.350 e. The van der Waals surface area contributed by atoms with E-state index in [0.29, 0.717) is 30.2 Å². The molecule has 1 atom stereocenters. The zero-order chi connectivity index (χ0) is 22.6. The Morgan fingerprint density at radius 1 is 0.906 bits per heavy atom. The standard InChI is InChI=1S/C24H30ClN3O3S/c25-22-9-3-2-8-21(22)23(27-14-6-7-15-27)18-26-24(29)19-10-12-20(13-11-19)32(30,31)28-16-4-1-5-17-28/h2-3,8-13,23H,1,4-7,14-18H2,(H,26,29). The smallest absolute Gasteiger partial charge is 0.251 e. The monoisotopic (exact) mass is 475 g/mol. The van der Waals surface area contributed by atoms with Gasteiger partial charge in [0.05, 0.1) is 10.9 Å². The van der Waals surface area contributed by atoms with Gasteiger partial charge < -0.3 is 5.32 Å². The molecule has 0 aromatic heterocycles. The zero-order valence-corrected chi connectivity index (χ0v) is 19.7. The van der Waals surface area contributed by atoms with Crippen LogP contribution < -0.4 is 5.32 Å². The van der Waals surface area contributed by atoms with E-state index in [1.165, 1.54) is 16.4 Å². The molecule has 4 rings (SSSR count). The fourth-order valence-corrected chi connectivity index (χ4v) is 6.34. The van der Waals surface area contributed by atoms with Crippen molar-refractivity contribution < 1.29 is 13.2 Å². The lowest BCUT2D eigenvalue weighted by Gasteiger charge is -2.29. The molecule has 1 unspecified atom stereocenters. The van der Waals surface area contributed by atoms with E-state index in [4.69, 9.17) is 11.6 Å². The Morgan fingerprint density at radius 3 is 2.19 bits per heavy atom. The van der Waals surface area contributed by atoms with Crippen molar-refractivity contribution >= 4 is 27.5 Å². The van der Waals surface area contributed by atoms with Crippen LogP contribution in [0.3, 0.4) is 0 Å². The summed E-state index contributed by atoms with van der Waals surface area (Å²) in [5, 5.41) is 3.72. The van der Waals surface area contributed by atoms with Gasteiger partial charge in [0.2, 0.25) is 10.0 Å². The van der Waals surface area contributed by atoms with Crippen LogP contribution in [0.25, 0.3) is 0 Å². The number of rotatable bonds is 7. The molecule has 6 nitrogen and oxygen atoms in total. The summed E-state index contributed by atoms with van der Waals surface area (Å²) in [6.45, 7) is 3.52. The van der Waals surface area contributed by atoms with Crippen LogP contribution in [0.4, 0.5) is 0 Å². The molecular weight excluding hydrogens is 446 g/mol. The second kappa shape index (κ2) is 10.3. The Labute approximate surface area is 195 Å². The molecule has 2 aromatic rings. The van der Waals surface area contributed by atoms with Crippen molar-refractivity contribution in [1.82, 2.24) is 14.5 Å². The van der Waals surface area contributed by atoms with Crippen molar-refractivity contribution in [3.63, 3.8) is 0 Å². The van der Waals surface area contributed by atoms with Gasteiger partial charge in [0, 0.05) is 30.2 Å². The fourth-order valence-electron chi connectivity index (χ4n) is 4.56. The Kier molecular flexibility index (Phi) is 7.51. The molecule has 0 bridgehead atoms. The molecule has 2 heterocycles. The highest BCUT2D eigenvalue weighted by Crippen LogP contribution is 2.30. The second-order valence-corrected chi connectivity index (χ2v) is 10.8. The molecule has 0 aliphatic carbocycles. The largest absolute Gasteiger partial charge is 0.350 e. The SMILES string of the molecule is O=C(NCC(c1ccccc1Cl)N1CCCC1)c1ccc(S(=O)(=O)N2CCCCC2)cc1. The Bertz CT molecular complexity index is 1030. The maximum atomic E-state index is 12.8. The molecule has 2 aliphatic heterocycles. The molecule has 2 aliphatic rings. The summed E-state index contributed by atoms with van der Waals surface area (Å²) in [7, 11) is -3.50. The first-order valence-corrected chi connectivity index (χ1v) is 13.2. The van der Waals surface area contributed by atoms with Gasteiger partial charge in [-0.3, -0.25) is 9.69 Å². The number of halogens is 1. The highest BCUT2D eigenvalue weighted by Gasteiger charge is 2.27. The van der Waals surface area contributed by atoms with Crippen LogP contribution in [0.2, 0.25) is 5.02 Å².